The van der Waals surface area contributed by atoms with E-state index in [1.165, 1.54) is 5.56 Å². The largest absolute Gasteiger partial charge is 0.481 e. The van der Waals surface area contributed by atoms with Gasteiger partial charge in [0.05, 0.1) is 6.42 Å². The Morgan fingerprint density at radius 2 is 1.89 bits per heavy atom. The molecule has 104 valence electrons. The number of carboxylic acid groups (broad SMARTS) is 1. The van der Waals surface area contributed by atoms with Crippen molar-refractivity contribution >= 4 is 5.97 Å². The molecule has 2 rings (SSSR count). The fourth-order valence-corrected chi connectivity index (χ4v) is 3.66. The van der Waals surface area contributed by atoms with E-state index in [4.69, 9.17) is 10.8 Å². The number of hydrogen-bond donors (Lipinski definition) is 2. The predicted molar refractivity (Wildman–Crippen MR) is 75.9 cm³/mol. The molecule has 3 heteroatoms. The summed E-state index contributed by atoms with van der Waals surface area (Å²) in [5.74, 6) is -0.251. The van der Waals surface area contributed by atoms with Crippen LogP contribution in [-0.2, 0) is 10.2 Å². The van der Waals surface area contributed by atoms with Crippen LogP contribution in [0, 0.1) is 11.3 Å². The summed E-state index contributed by atoms with van der Waals surface area (Å²) in [5, 5.41) is 9.07. The Morgan fingerprint density at radius 3 is 2.32 bits per heavy atom. The molecule has 1 fully saturated rings. The summed E-state index contributed by atoms with van der Waals surface area (Å²) < 4.78 is 0. The van der Waals surface area contributed by atoms with E-state index in [0.29, 0.717) is 12.5 Å². The molecule has 0 radical (unpaired) electrons. The molecule has 0 atom stereocenters. The molecule has 19 heavy (non-hydrogen) atoms. The second-order valence-corrected chi connectivity index (χ2v) is 6.31. The van der Waals surface area contributed by atoms with Crippen molar-refractivity contribution in [3.8, 4) is 0 Å². The topological polar surface area (TPSA) is 63.3 Å². The Kier molecular flexibility index (Phi) is 3.68. The van der Waals surface area contributed by atoms with Crippen molar-refractivity contribution in [1.82, 2.24) is 0 Å². The highest BCUT2D eigenvalue weighted by atomic mass is 16.4. The van der Waals surface area contributed by atoms with Crippen LogP contribution in [0.3, 0.4) is 0 Å². The van der Waals surface area contributed by atoms with Crippen LogP contribution in [0.5, 0.6) is 0 Å². The maximum Gasteiger partial charge on any atom is 0.303 e. The number of carbonyl (C=O) groups is 1. The van der Waals surface area contributed by atoms with Gasteiger partial charge < -0.3 is 10.8 Å². The fraction of sp³-hybridized carbons (Fsp3) is 0.562. The summed E-state index contributed by atoms with van der Waals surface area (Å²) in [5.41, 5.74) is 7.05. The van der Waals surface area contributed by atoms with Crippen LogP contribution in [0.25, 0.3) is 0 Å². The molecule has 1 saturated carbocycles. The average molecular weight is 261 g/mol. The Balaban J connectivity index is 2.26. The first kappa shape index (κ1) is 14.1. The molecule has 3 nitrogen and oxygen atoms in total. The van der Waals surface area contributed by atoms with E-state index in [1.54, 1.807) is 0 Å². The zero-order valence-corrected chi connectivity index (χ0v) is 11.7. The van der Waals surface area contributed by atoms with Crippen molar-refractivity contribution in [2.75, 3.05) is 6.54 Å². The van der Waals surface area contributed by atoms with Crippen LogP contribution in [0.1, 0.15) is 38.7 Å². The number of rotatable bonds is 5. The maximum atomic E-state index is 11.0. The molecule has 1 aliphatic carbocycles. The normalized spacial score (nSPS) is 30.1. The number of benzene rings is 1. The lowest BCUT2D eigenvalue weighted by atomic mass is 9.46. The van der Waals surface area contributed by atoms with Crippen molar-refractivity contribution in [2.45, 2.75) is 38.5 Å². The van der Waals surface area contributed by atoms with Crippen molar-refractivity contribution in [3.63, 3.8) is 0 Å². The Labute approximate surface area is 114 Å². The minimum atomic E-state index is -0.740. The van der Waals surface area contributed by atoms with E-state index >= 15 is 0 Å². The van der Waals surface area contributed by atoms with Gasteiger partial charge in [-0.1, -0.05) is 44.2 Å². The highest BCUT2D eigenvalue weighted by Crippen LogP contribution is 2.60. The monoisotopic (exact) mass is 261 g/mol. The van der Waals surface area contributed by atoms with Gasteiger partial charge in [-0.15, -0.1) is 0 Å². The lowest BCUT2D eigenvalue weighted by molar-refractivity contribution is -0.143. The van der Waals surface area contributed by atoms with Gasteiger partial charge in [0.1, 0.15) is 0 Å². The van der Waals surface area contributed by atoms with Crippen molar-refractivity contribution < 1.29 is 9.90 Å². The zero-order chi connectivity index (χ0) is 14.1. The molecule has 0 bridgehead atoms. The number of aliphatic carboxylic acids is 1. The molecule has 0 spiro atoms. The lowest BCUT2D eigenvalue weighted by Crippen LogP contribution is -2.56. The molecular weight excluding hydrogens is 238 g/mol. The number of nitrogens with two attached hydrogens (primary N) is 1. The molecule has 0 saturated heterocycles. The van der Waals surface area contributed by atoms with Gasteiger partial charge in [-0.3, -0.25) is 4.79 Å². The van der Waals surface area contributed by atoms with Gasteiger partial charge in [0, 0.05) is 0 Å². The van der Waals surface area contributed by atoms with Gasteiger partial charge >= 0.3 is 5.97 Å². The summed E-state index contributed by atoms with van der Waals surface area (Å²) in [6.07, 6.45) is 1.94. The molecule has 3 N–H and O–H groups in total. The highest BCUT2D eigenvalue weighted by molar-refractivity contribution is 5.68. The third-order valence-corrected chi connectivity index (χ3v) is 4.79. The van der Waals surface area contributed by atoms with Crippen LogP contribution in [-0.4, -0.2) is 17.6 Å². The summed E-state index contributed by atoms with van der Waals surface area (Å²) in [7, 11) is 0. The molecule has 0 aliphatic heterocycles. The first-order valence-corrected chi connectivity index (χ1v) is 6.91. The quantitative estimate of drug-likeness (QED) is 0.856. The van der Waals surface area contributed by atoms with Crippen LogP contribution < -0.4 is 5.73 Å². The summed E-state index contributed by atoms with van der Waals surface area (Å²) in [6, 6.07) is 10.4. The minimum absolute atomic E-state index is 0.0933. The fourth-order valence-electron chi connectivity index (χ4n) is 3.66. The van der Waals surface area contributed by atoms with Crippen LogP contribution in [0.4, 0.5) is 0 Å². The van der Waals surface area contributed by atoms with Crippen molar-refractivity contribution in [3.05, 3.63) is 35.9 Å². The van der Waals surface area contributed by atoms with E-state index in [-0.39, 0.29) is 17.3 Å². The summed E-state index contributed by atoms with van der Waals surface area (Å²) in [6.45, 7) is 4.89. The van der Waals surface area contributed by atoms with E-state index in [1.807, 2.05) is 6.07 Å². The van der Waals surface area contributed by atoms with Crippen molar-refractivity contribution in [1.29, 1.82) is 0 Å². The molecule has 1 aromatic carbocycles. The standard InChI is InChI=1S/C16H23NO2/c1-12(2)16(13-6-4-3-5-7-13)9-15(10-16,11-17)8-14(18)19/h3-7,12H,8-11,17H2,1-2H3,(H,18,19). The van der Waals surface area contributed by atoms with Gasteiger partial charge in [-0.2, -0.15) is 0 Å². The predicted octanol–water partition coefficient (Wildman–Crippen LogP) is 2.79. The first-order chi connectivity index (χ1) is 8.94. The average Bonchev–Trinajstić information content (AvgIpc) is 2.33. The van der Waals surface area contributed by atoms with E-state index < -0.39 is 5.97 Å². The van der Waals surface area contributed by atoms with Gasteiger partial charge in [0.2, 0.25) is 0 Å². The Hall–Kier alpha value is -1.35. The van der Waals surface area contributed by atoms with Gasteiger partial charge in [0.15, 0.2) is 0 Å². The summed E-state index contributed by atoms with van der Waals surface area (Å²) >= 11 is 0. The van der Waals surface area contributed by atoms with E-state index in [2.05, 4.69) is 38.1 Å². The van der Waals surface area contributed by atoms with Crippen molar-refractivity contribution in [2.24, 2.45) is 17.1 Å². The number of carboxylic acids is 1. The third kappa shape index (κ3) is 2.39. The SMILES string of the molecule is CC(C)C1(c2ccccc2)CC(CN)(CC(=O)O)C1. The number of hydrogen-bond acceptors (Lipinski definition) is 2. The highest BCUT2D eigenvalue weighted by Gasteiger charge is 2.56. The second-order valence-electron chi connectivity index (χ2n) is 6.31. The van der Waals surface area contributed by atoms with Crippen LogP contribution in [0.2, 0.25) is 0 Å². The molecule has 0 amide bonds. The van der Waals surface area contributed by atoms with Gasteiger partial charge in [0.25, 0.3) is 0 Å². The van der Waals surface area contributed by atoms with E-state index in [9.17, 15) is 4.79 Å². The minimum Gasteiger partial charge on any atom is -0.481 e. The first-order valence-electron chi connectivity index (χ1n) is 6.91. The maximum absolute atomic E-state index is 11.0. The molecular formula is C16H23NO2. The van der Waals surface area contributed by atoms with Crippen LogP contribution >= 0.6 is 0 Å². The van der Waals surface area contributed by atoms with Gasteiger partial charge in [-0.05, 0) is 41.7 Å². The summed E-state index contributed by atoms with van der Waals surface area (Å²) in [4.78, 5) is 11.0. The van der Waals surface area contributed by atoms with Crippen LogP contribution in [0.15, 0.2) is 30.3 Å². The molecule has 0 heterocycles. The van der Waals surface area contributed by atoms with E-state index in [0.717, 1.165) is 12.8 Å². The molecule has 0 unspecified atom stereocenters. The Bertz CT molecular complexity index is 447. The third-order valence-electron chi connectivity index (χ3n) is 4.79. The smallest absolute Gasteiger partial charge is 0.303 e. The molecule has 0 aromatic heterocycles. The molecule has 1 aliphatic rings. The molecule has 1 aromatic rings. The second kappa shape index (κ2) is 4.97. The van der Waals surface area contributed by atoms with Gasteiger partial charge in [-0.25, -0.2) is 0 Å². The zero-order valence-electron chi connectivity index (χ0n) is 11.7. The Morgan fingerprint density at radius 1 is 1.32 bits per heavy atom. The lowest BCUT2D eigenvalue weighted by Gasteiger charge is -2.58.